The molecule has 3 nitrogen and oxygen atoms in total. The fraction of sp³-hybridized carbons (Fsp3) is 0.625. The molecule has 19 heavy (non-hydrogen) atoms. The molecule has 2 rings (SSSR count). The molecule has 1 saturated carbocycles. The average molecular weight is 263 g/mol. The van der Waals surface area contributed by atoms with Gasteiger partial charge in [0, 0.05) is 6.04 Å². The van der Waals surface area contributed by atoms with Gasteiger partial charge in [0.2, 0.25) is 0 Å². The van der Waals surface area contributed by atoms with Gasteiger partial charge in [0.05, 0.1) is 19.8 Å². The van der Waals surface area contributed by atoms with Crippen LogP contribution in [0.25, 0.3) is 0 Å². The highest BCUT2D eigenvalue weighted by Gasteiger charge is 2.19. The number of benzene rings is 1. The summed E-state index contributed by atoms with van der Waals surface area (Å²) in [4.78, 5) is 0. The monoisotopic (exact) mass is 263 g/mol. The minimum absolute atomic E-state index is 0.461. The Kier molecular flexibility index (Phi) is 5.67. The van der Waals surface area contributed by atoms with E-state index in [0.29, 0.717) is 12.1 Å². The van der Waals surface area contributed by atoms with Gasteiger partial charge in [0.15, 0.2) is 0 Å². The van der Waals surface area contributed by atoms with Crippen molar-refractivity contribution in [3.05, 3.63) is 29.8 Å². The van der Waals surface area contributed by atoms with Gasteiger partial charge in [0.25, 0.3) is 0 Å². The lowest BCUT2D eigenvalue weighted by molar-refractivity contribution is 0.0248. The third-order valence-electron chi connectivity index (χ3n) is 3.99. The Balaban J connectivity index is 1.66. The maximum absolute atomic E-state index is 5.98. The van der Waals surface area contributed by atoms with Crippen molar-refractivity contribution in [2.45, 2.75) is 44.2 Å². The minimum atomic E-state index is 0.461. The lowest BCUT2D eigenvalue weighted by atomic mass is 9.93. The summed E-state index contributed by atoms with van der Waals surface area (Å²) in [5.74, 6) is 0.912. The second kappa shape index (κ2) is 7.51. The SMILES string of the molecule is CNC1CCC(OCCc2ccc(OC)cc2)CC1. The fourth-order valence-corrected chi connectivity index (χ4v) is 2.65. The van der Waals surface area contributed by atoms with Crippen LogP contribution in [-0.4, -0.2) is 32.9 Å². The van der Waals surface area contributed by atoms with Gasteiger partial charge in [-0.2, -0.15) is 0 Å². The molecule has 0 amide bonds. The van der Waals surface area contributed by atoms with Crippen LogP contribution in [0.3, 0.4) is 0 Å². The van der Waals surface area contributed by atoms with Gasteiger partial charge in [-0.05, 0) is 56.8 Å². The molecule has 3 heteroatoms. The van der Waals surface area contributed by atoms with Gasteiger partial charge in [-0.25, -0.2) is 0 Å². The van der Waals surface area contributed by atoms with Crippen LogP contribution in [0.4, 0.5) is 0 Å². The zero-order valence-corrected chi connectivity index (χ0v) is 12.0. The van der Waals surface area contributed by atoms with Crippen LogP contribution in [0.1, 0.15) is 31.2 Å². The van der Waals surface area contributed by atoms with Crippen molar-refractivity contribution in [1.82, 2.24) is 5.32 Å². The van der Waals surface area contributed by atoms with E-state index in [4.69, 9.17) is 9.47 Å². The Labute approximate surface area is 116 Å². The van der Waals surface area contributed by atoms with E-state index < -0.39 is 0 Å². The molecule has 0 unspecified atom stereocenters. The summed E-state index contributed by atoms with van der Waals surface area (Å²) in [7, 11) is 3.75. The first-order chi connectivity index (χ1) is 9.31. The van der Waals surface area contributed by atoms with Crippen LogP contribution >= 0.6 is 0 Å². The van der Waals surface area contributed by atoms with Gasteiger partial charge in [-0.15, -0.1) is 0 Å². The van der Waals surface area contributed by atoms with Crippen LogP contribution < -0.4 is 10.1 Å². The molecule has 0 heterocycles. The van der Waals surface area contributed by atoms with E-state index in [1.165, 1.54) is 31.2 Å². The molecule has 0 atom stereocenters. The fourth-order valence-electron chi connectivity index (χ4n) is 2.65. The van der Waals surface area contributed by atoms with Crippen LogP contribution in [0, 0.1) is 0 Å². The van der Waals surface area contributed by atoms with E-state index in [1.54, 1.807) is 7.11 Å². The normalized spacial score (nSPS) is 23.3. The molecule has 1 aromatic rings. The highest BCUT2D eigenvalue weighted by molar-refractivity contribution is 5.27. The Hall–Kier alpha value is -1.06. The lowest BCUT2D eigenvalue weighted by Crippen LogP contribution is -2.33. The van der Waals surface area contributed by atoms with Crippen molar-refractivity contribution >= 4 is 0 Å². The van der Waals surface area contributed by atoms with Gasteiger partial charge in [0.1, 0.15) is 5.75 Å². The summed E-state index contributed by atoms with van der Waals surface area (Å²) in [6, 6.07) is 8.93. The summed E-state index contributed by atoms with van der Waals surface area (Å²) in [5, 5.41) is 3.35. The zero-order valence-electron chi connectivity index (χ0n) is 12.0. The van der Waals surface area contributed by atoms with E-state index >= 15 is 0 Å². The molecule has 1 aliphatic rings. The second-order valence-electron chi connectivity index (χ2n) is 5.23. The highest BCUT2D eigenvalue weighted by Crippen LogP contribution is 2.21. The van der Waals surface area contributed by atoms with E-state index in [2.05, 4.69) is 24.5 Å². The summed E-state index contributed by atoms with van der Waals surface area (Å²) >= 11 is 0. The largest absolute Gasteiger partial charge is 0.497 e. The third kappa shape index (κ3) is 4.51. The standard InChI is InChI=1S/C16H25NO2/c1-17-14-5-9-16(10-6-14)19-12-11-13-3-7-15(18-2)8-4-13/h3-4,7-8,14,16-17H,5-6,9-12H2,1-2H3. The maximum atomic E-state index is 5.98. The first-order valence-electron chi connectivity index (χ1n) is 7.23. The molecule has 0 saturated heterocycles. The van der Waals surface area contributed by atoms with Gasteiger partial charge in [-0.3, -0.25) is 0 Å². The molecular formula is C16H25NO2. The number of ether oxygens (including phenoxy) is 2. The number of hydrogen-bond acceptors (Lipinski definition) is 3. The highest BCUT2D eigenvalue weighted by atomic mass is 16.5. The van der Waals surface area contributed by atoms with Crippen molar-refractivity contribution < 1.29 is 9.47 Å². The van der Waals surface area contributed by atoms with Crippen molar-refractivity contribution in [3.63, 3.8) is 0 Å². The summed E-state index contributed by atoms with van der Waals surface area (Å²) in [5.41, 5.74) is 1.31. The lowest BCUT2D eigenvalue weighted by Gasteiger charge is -2.28. The van der Waals surface area contributed by atoms with Crippen LogP contribution in [0.5, 0.6) is 5.75 Å². The predicted molar refractivity (Wildman–Crippen MR) is 77.8 cm³/mol. The zero-order chi connectivity index (χ0) is 13.5. The number of methoxy groups -OCH3 is 1. The topological polar surface area (TPSA) is 30.5 Å². The number of hydrogen-bond donors (Lipinski definition) is 1. The smallest absolute Gasteiger partial charge is 0.118 e. The molecule has 1 aliphatic carbocycles. The van der Waals surface area contributed by atoms with Gasteiger partial charge < -0.3 is 14.8 Å². The van der Waals surface area contributed by atoms with E-state index in [9.17, 15) is 0 Å². The molecule has 0 bridgehead atoms. The van der Waals surface area contributed by atoms with Crippen LogP contribution in [0.15, 0.2) is 24.3 Å². The van der Waals surface area contributed by atoms with E-state index in [1.807, 2.05) is 12.1 Å². The van der Waals surface area contributed by atoms with E-state index in [-0.39, 0.29) is 0 Å². The molecular weight excluding hydrogens is 238 g/mol. The van der Waals surface area contributed by atoms with Crippen molar-refractivity contribution in [1.29, 1.82) is 0 Å². The molecule has 0 radical (unpaired) electrons. The van der Waals surface area contributed by atoms with Gasteiger partial charge in [-0.1, -0.05) is 12.1 Å². The summed E-state index contributed by atoms with van der Waals surface area (Å²) < 4.78 is 11.1. The minimum Gasteiger partial charge on any atom is -0.497 e. The molecule has 106 valence electrons. The third-order valence-corrected chi connectivity index (χ3v) is 3.99. The Morgan fingerprint density at radius 3 is 2.37 bits per heavy atom. The van der Waals surface area contributed by atoms with Crippen molar-refractivity contribution in [3.8, 4) is 5.75 Å². The van der Waals surface area contributed by atoms with E-state index in [0.717, 1.165) is 18.8 Å². The Morgan fingerprint density at radius 1 is 1.11 bits per heavy atom. The molecule has 1 aromatic carbocycles. The second-order valence-corrected chi connectivity index (χ2v) is 5.23. The first kappa shape index (κ1) is 14.4. The molecule has 0 aliphatic heterocycles. The molecule has 1 N–H and O–H groups in total. The molecule has 0 aromatic heterocycles. The number of nitrogens with one attached hydrogen (secondary N) is 1. The predicted octanol–water partition coefficient (Wildman–Crippen LogP) is 2.78. The van der Waals surface area contributed by atoms with Gasteiger partial charge >= 0.3 is 0 Å². The summed E-state index contributed by atoms with van der Waals surface area (Å²) in [6.45, 7) is 0.821. The van der Waals surface area contributed by atoms with Crippen molar-refractivity contribution in [2.75, 3.05) is 20.8 Å². The van der Waals surface area contributed by atoms with Crippen LogP contribution in [-0.2, 0) is 11.2 Å². The van der Waals surface area contributed by atoms with Crippen LogP contribution in [0.2, 0.25) is 0 Å². The maximum Gasteiger partial charge on any atom is 0.118 e. The first-order valence-corrected chi connectivity index (χ1v) is 7.23. The Morgan fingerprint density at radius 2 is 1.79 bits per heavy atom. The number of rotatable bonds is 6. The molecule has 1 fully saturated rings. The quantitative estimate of drug-likeness (QED) is 0.856. The van der Waals surface area contributed by atoms with Crippen molar-refractivity contribution in [2.24, 2.45) is 0 Å². The Bertz CT molecular complexity index is 356. The molecule has 0 spiro atoms. The summed E-state index contributed by atoms with van der Waals surface area (Å²) in [6.07, 6.45) is 6.30. The average Bonchev–Trinajstić information content (AvgIpc) is 2.49.